The molecule has 1 saturated heterocycles. The quantitative estimate of drug-likeness (QED) is 0.727. The molecular weight excluding hydrogens is 376 g/mol. The van der Waals surface area contributed by atoms with E-state index in [4.69, 9.17) is 4.74 Å². The largest absolute Gasteiger partial charge is 0.352 e. The van der Waals surface area contributed by atoms with Gasteiger partial charge >= 0.3 is 0 Å². The number of amides is 1. The predicted molar refractivity (Wildman–Crippen MR) is 115 cm³/mol. The van der Waals surface area contributed by atoms with Crippen LogP contribution in [0.5, 0.6) is 0 Å². The molecule has 2 aliphatic rings. The van der Waals surface area contributed by atoms with Crippen molar-refractivity contribution in [2.24, 2.45) is 0 Å². The van der Waals surface area contributed by atoms with Crippen molar-refractivity contribution >= 4 is 11.6 Å². The van der Waals surface area contributed by atoms with Gasteiger partial charge in [0.2, 0.25) is 0 Å². The first kappa shape index (κ1) is 19.0. The summed E-state index contributed by atoms with van der Waals surface area (Å²) in [4.78, 5) is 20.0. The number of imidazole rings is 1. The monoisotopic (exact) mass is 402 g/mol. The van der Waals surface area contributed by atoms with Crippen molar-refractivity contribution in [3.63, 3.8) is 0 Å². The Labute approximate surface area is 176 Å². The summed E-state index contributed by atoms with van der Waals surface area (Å²) in [7, 11) is 0. The fourth-order valence-corrected chi connectivity index (χ4v) is 4.53. The Morgan fingerprint density at radius 2 is 1.77 bits per heavy atom. The number of para-hydroxylation sites is 1. The van der Waals surface area contributed by atoms with Gasteiger partial charge in [-0.05, 0) is 30.5 Å². The molecule has 3 heterocycles. The lowest BCUT2D eigenvalue weighted by Crippen LogP contribution is -2.53. The summed E-state index contributed by atoms with van der Waals surface area (Å²) >= 11 is 0. The molecular formula is C24H26N4O2. The normalized spacial score (nSPS) is 20.6. The molecule has 1 aromatic heterocycles. The van der Waals surface area contributed by atoms with Gasteiger partial charge in [-0.1, -0.05) is 48.5 Å². The fourth-order valence-electron chi connectivity index (χ4n) is 4.53. The first-order valence-electron chi connectivity index (χ1n) is 10.5. The number of hydrogen-bond donors (Lipinski definition) is 1. The molecule has 0 radical (unpaired) electrons. The Hall–Kier alpha value is -2.96. The Bertz CT molecular complexity index is 994. The fraction of sp³-hybridized carbons (Fsp3) is 0.333. The summed E-state index contributed by atoms with van der Waals surface area (Å²) in [5.41, 5.74) is 1.60. The van der Waals surface area contributed by atoms with Gasteiger partial charge in [-0.15, -0.1) is 0 Å². The van der Waals surface area contributed by atoms with Gasteiger partial charge in [0.15, 0.2) is 6.10 Å². The van der Waals surface area contributed by atoms with E-state index in [-0.39, 0.29) is 5.91 Å². The van der Waals surface area contributed by atoms with Gasteiger partial charge in [-0.25, -0.2) is 4.98 Å². The Balaban J connectivity index is 1.30. The predicted octanol–water partition coefficient (Wildman–Crippen LogP) is 3.41. The van der Waals surface area contributed by atoms with Crippen molar-refractivity contribution in [3.05, 3.63) is 84.4 Å². The van der Waals surface area contributed by atoms with Gasteiger partial charge in [-0.2, -0.15) is 0 Å². The molecule has 5 rings (SSSR count). The zero-order chi connectivity index (χ0) is 20.4. The number of fused-ring (bicyclic) bond motifs is 2. The van der Waals surface area contributed by atoms with Gasteiger partial charge < -0.3 is 14.6 Å². The average Bonchev–Trinajstić information content (AvgIpc) is 3.27. The molecule has 3 aromatic rings. The minimum absolute atomic E-state index is 0.105. The van der Waals surface area contributed by atoms with Crippen LogP contribution in [0.3, 0.4) is 0 Å². The van der Waals surface area contributed by atoms with Crippen LogP contribution in [-0.2, 0) is 28.2 Å². The van der Waals surface area contributed by atoms with Crippen LogP contribution >= 0.6 is 0 Å². The van der Waals surface area contributed by atoms with Crippen LogP contribution < -0.4 is 5.32 Å². The van der Waals surface area contributed by atoms with Crippen molar-refractivity contribution in [2.75, 3.05) is 18.4 Å². The van der Waals surface area contributed by atoms with Crippen LogP contribution in [0.25, 0.3) is 0 Å². The lowest BCUT2D eigenvalue weighted by Gasteiger charge is -2.45. The summed E-state index contributed by atoms with van der Waals surface area (Å²) in [6, 6.07) is 20.1. The molecule has 0 aliphatic carbocycles. The van der Waals surface area contributed by atoms with Crippen LogP contribution in [-0.4, -0.2) is 39.6 Å². The molecule has 1 amide bonds. The van der Waals surface area contributed by atoms with Crippen molar-refractivity contribution in [1.29, 1.82) is 0 Å². The third-order valence-corrected chi connectivity index (χ3v) is 6.10. The van der Waals surface area contributed by atoms with E-state index in [1.165, 1.54) is 5.56 Å². The Morgan fingerprint density at radius 3 is 2.50 bits per heavy atom. The highest BCUT2D eigenvalue weighted by Gasteiger charge is 2.47. The zero-order valence-corrected chi connectivity index (χ0v) is 16.9. The third kappa shape index (κ3) is 3.76. The van der Waals surface area contributed by atoms with Crippen LogP contribution in [0.4, 0.5) is 5.69 Å². The van der Waals surface area contributed by atoms with Crippen LogP contribution in [0.1, 0.15) is 24.2 Å². The molecule has 6 heteroatoms. The number of anilines is 1. The molecule has 2 aromatic carbocycles. The summed E-state index contributed by atoms with van der Waals surface area (Å²) in [5.74, 6) is 0.845. The Morgan fingerprint density at radius 1 is 1.07 bits per heavy atom. The number of nitrogens with zero attached hydrogens (tertiary/aromatic N) is 3. The topological polar surface area (TPSA) is 59.4 Å². The van der Waals surface area contributed by atoms with Gasteiger partial charge in [0.05, 0.1) is 6.54 Å². The molecule has 0 unspecified atom stereocenters. The number of carbonyl (C=O) groups is 1. The number of piperidine rings is 1. The number of ether oxygens (including phenoxy) is 1. The SMILES string of the molecule is O=C(Nc1ccccc1)[C@@H]1Cn2ccnc2C2(CCN(Cc3ccccc3)CC2)O1. The maximum absolute atomic E-state index is 13.0. The van der Waals surface area contributed by atoms with Crippen molar-refractivity contribution < 1.29 is 9.53 Å². The zero-order valence-electron chi connectivity index (χ0n) is 16.9. The van der Waals surface area contributed by atoms with Gasteiger partial charge in [0, 0.05) is 37.7 Å². The molecule has 154 valence electrons. The van der Waals surface area contributed by atoms with E-state index >= 15 is 0 Å². The van der Waals surface area contributed by atoms with E-state index in [0.717, 1.165) is 44.0 Å². The van der Waals surface area contributed by atoms with Crippen molar-refractivity contribution in [2.45, 2.75) is 37.6 Å². The number of carbonyl (C=O) groups excluding carboxylic acids is 1. The summed E-state index contributed by atoms with van der Waals surface area (Å²) < 4.78 is 8.60. The highest BCUT2D eigenvalue weighted by atomic mass is 16.5. The van der Waals surface area contributed by atoms with E-state index < -0.39 is 11.7 Å². The summed E-state index contributed by atoms with van der Waals surface area (Å²) in [6.45, 7) is 3.25. The number of benzene rings is 2. The number of rotatable bonds is 4. The van der Waals surface area contributed by atoms with Crippen molar-refractivity contribution in [3.8, 4) is 0 Å². The molecule has 0 bridgehead atoms. The first-order valence-corrected chi connectivity index (χ1v) is 10.5. The minimum Gasteiger partial charge on any atom is -0.352 e. The number of hydrogen-bond acceptors (Lipinski definition) is 4. The molecule has 0 saturated carbocycles. The van der Waals surface area contributed by atoms with Crippen LogP contribution in [0.15, 0.2) is 73.1 Å². The maximum atomic E-state index is 13.0. The van der Waals surface area contributed by atoms with E-state index in [2.05, 4.69) is 44.0 Å². The number of nitrogens with one attached hydrogen (secondary N) is 1. The molecule has 1 fully saturated rings. The lowest BCUT2D eigenvalue weighted by molar-refractivity contribution is -0.170. The van der Waals surface area contributed by atoms with E-state index in [1.807, 2.05) is 48.8 Å². The molecule has 1 spiro atoms. The molecule has 2 aliphatic heterocycles. The second-order valence-corrected chi connectivity index (χ2v) is 8.12. The summed E-state index contributed by atoms with van der Waals surface area (Å²) in [6.07, 6.45) is 4.89. The first-order chi connectivity index (χ1) is 14.7. The van der Waals surface area contributed by atoms with Gasteiger partial charge in [-0.3, -0.25) is 9.69 Å². The molecule has 1 atom stereocenters. The molecule has 6 nitrogen and oxygen atoms in total. The maximum Gasteiger partial charge on any atom is 0.255 e. The lowest BCUT2D eigenvalue weighted by atomic mass is 9.88. The standard InChI is InChI=1S/C24H26N4O2/c29-22(26-20-9-5-2-6-10-20)21-18-28-16-13-25-23(28)24(30-21)11-14-27(15-12-24)17-19-7-3-1-4-8-19/h1-10,13,16,21H,11-12,14-15,17-18H2,(H,26,29)/t21-/m0/s1. The third-order valence-electron chi connectivity index (χ3n) is 6.10. The summed E-state index contributed by atoms with van der Waals surface area (Å²) in [5, 5.41) is 2.99. The highest BCUT2D eigenvalue weighted by molar-refractivity contribution is 5.94. The Kier molecular flexibility index (Phi) is 5.11. The van der Waals surface area contributed by atoms with E-state index in [0.29, 0.717) is 6.54 Å². The minimum atomic E-state index is -0.535. The number of likely N-dealkylation sites (tertiary alicyclic amines) is 1. The smallest absolute Gasteiger partial charge is 0.255 e. The van der Waals surface area contributed by atoms with Crippen molar-refractivity contribution in [1.82, 2.24) is 14.5 Å². The van der Waals surface area contributed by atoms with Crippen LogP contribution in [0, 0.1) is 0 Å². The average molecular weight is 402 g/mol. The molecule has 1 N–H and O–H groups in total. The van der Waals surface area contributed by atoms with E-state index in [1.54, 1.807) is 0 Å². The van der Waals surface area contributed by atoms with Crippen LogP contribution in [0.2, 0.25) is 0 Å². The number of aromatic nitrogens is 2. The van der Waals surface area contributed by atoms with E-state index in [9.17, 15) is 4.79 Å². The van der Waals surface area contributed by atoms with Gasteiger partial charge in [0.25, 0.3) is 5.91 Å². The van der Waals surface area contributed by atoms with Gasteiger partial charge in [0.1, 0.15) is 11.4 Å². The second-order valence-electron chi connectivity index (χ2n) is 8.12. The highest BCUT2D eigenvalue weighted by Crippen LogP contribution is 2.40. The molecule has 30 heavy (non-hydrogen) atoms. The second kappa shape index (κ2) is 8.05.